The molecule has 0 aliphatic carbocycles. The van der Waals surface area contributed by atoms with Crippen molar-refractivity contribution < 1.29 is 14.3 Å². The van der Waals surface area contributed by atoms with Gasteiger partial charge in [-0.2, -0.15) is 5.10 Å². The van der Waals surface area contributed by atoms with Gasteiger partial charge in [-0.05, 0) is 49.7 Å². The second-order valence-corrected chi connectivity index (χ2v) is 8.53. The Hall–Kier alpha value is -3.72. The molecular formula is C24H25N5O3S. The van der Waals surface area contributed by atoms with Crippen LogP contribution in [0.15, 0.2) is 55.1 Å². The summed E-state index contributed by atoms with van der Waals surface area (Å²) in [5, 5.41) is 4.90. The first-order chi connectivity index (χ1) is 15.9. The fourth-order valence-electron chi connectivity index (χ4n) is 3.49. The van der Waals surface area contributed by atoms with E-state index in [9.17, 15) is 4.79 Å². The van der Waals surface area contributed by atoms with Crippen molar-refractivity contribution in [3.8, 4) is 27.8 Å². The molecule has 2 aromatic heterocycles. The molecule has 2 aromatic carbocycles. The largest absolute Gasteiger partial charge is 0.493 e. The van der Waals surface area contributed by atoms with E-state index in [1.54, 1.807) is 30.1 Å². The van der Waals surface area contributed by atoms with Crippen molar-refractivity contribution in [1.82, 2.24) is 24.6 Å². The Morgan fingerprint density at radius 1 is 1.09 bits per heavy atom. The van der Waals surface area contributed by atoms with E-state index in [0.29, 0.717) is 22.1 Å². The molecule has 0 saturated heterocycles. The summed E-state index contributed by atoms with van der Waals surface area (Å²) in [4.78, 5) is 24.3. The lowest BCUT2D eigenvalue weighted by Crippen LogP contribution is -2.29. The Labute approximate surface area is 196 Å². The highest BCUT2D eigenvalue weighted by Gasteiger charge is 2.24. The van der Waals surface area contributed by atoms with E-state index in [0.717, 1.165) is 21.8 Å². The maximum Gasteiger partial charge on any atom is 0.266 e. The Morgan fingerprint density at radius 2 is 1.82 bits per heavy atom. The molecule has 0 aliphatic rings. The number of ether oxygens (including phenoxy) is 2. The van der Waals surface area contributed by atoms with Crippen molar-refractivity contribution in [3.05, 3.63) is 71.3 Å². The number of hydrogen-bond donors (Lipinski definition) is 0. The van der Waals surface area contributed by atoms with Gasteiger partial charge in [-0.25, -0.2) is 14.6 Å². The van der Waals surface area contributed by atoms with Crippen LogP contribution in [-0.2, 0) is 0 Å². The summed E-state index contributed by atoms with van der Waals surface area (Å²) in [6, 6.07) is 13.4. The van der Waals surface area contributed by atoms with Gasteiger partial charge in [0.2, 0.25) is 0 Å². The summed E-state index contributed by atoms with van der Waals surface area (Å²) in [6.07, 6.45) is 3.15. The Kier molecular flexibility index (Phi) is 6.41. The summed E-state index contributed by atoms with van der Waals surface area (Å²) in [5.41, 5.74) is 3.52. The predicted molar refractivity (Wildman–Crippen MR) is 127 cm³/mol. The molecule has 4 aromatic rings. The molecule has 0 radical (unpaired) electrons. The molecule has 2 heterocycles. The highest BCUT2D eigenvalue weighted by Crippen LogP contribution is 2.35. The third-order valence-electron chi connectivity index (χ3n) is 5.58. The number of aryl methyl sites for hydroxylation is 1. The monoisotopic (exact) mass is 463 g/mol. The Morgan fingerprint density at radius 3 is 2.45 bits per heavy atom. The topological polar surface area (TPSA) is 82.4 Å². The summed E-state index contributed by atoms with van der Waals surface area (Å²) in [6.45, 7) is 3.87. The van der Waals surface area contributed by atoms with Gasteiger partial charge in [0.1, 0.15) is 22.5 Å². The second kappa shape index (κ2) is 9.41. The smallest absolute Gasteiger partial charge is 0.266 e. The standard InChI is InChI=1S/C24H25N5O3S/c1-15-22(33-23(27-15)18-8-11-20(31-4)21(12-18)32-5)24(30)28(3)16(2)17-6-9-19(10-7-17)29-14-25-13-26-29/h6-14,16H,1-5H3. The molecular weight excluding hydrogens is 438 g/mol. The van der Waals surface area contributed by atoms with Gasteiger partial charge in [0, 0.05) is 12.6 Å². The molecule has 0 aliphatic heterocycles. The van der Waals surface area contributed by atoms with E-state index in [1.807, 2.05) is 63.4 Å². The molecule has 33 heavy (non-hydrogen) atoms. The molecule has 0 spiro atoms. The molecule has 0 N–H and O–H groups in total. The van der Waals surface area contributed by atoms with Crippen LogP contribution in [0.25, 0.3) is 16.3 Å². The lowest BCUT2D eigenvalue weighted by molar-refractivity contribution is 0.0746. The quantitative estimate of drug-likeness (QED) is 0.400. The highest BCUT2D eigenvalue weighted by atomic mass is 32.1. The van der Waals surface area contributed by atoms with Gasteiger partial charge in [0.25, 0.3) is 5.91 Å². The Balaban J connectivity index is 1.55. The number of aromatic nitrogens is 4. The zero-order valence-electron chi connectivity index (χ0n) is 19.1. The van der Waals surface area contributed by atoms with Crippen LogP contribution in [0.2, 0.25) is 0 Å². The lowest BCUT2D eigenvalue weighted by Gasteiger charge is -2.25. The third kappa shape index (κ3) is 4.45. The van der Waals surface area contributed by atoms with Crippen LogP contribution in [0.3, 0.4) is 0 Å². The number of carbonyl (C=O) groups excluding carboxylic acids is 1. The average Bonchev–Trinajstić information content (AvgIpc) is 3.52. The first-order valence-corrected chi connectivity index (χ1v) is 11.2. The van der Waals surface area contributed by atoms with Crippen molar-refractivity contribution in [3.63, 3.8) is 0 Å². The zero-order valence-corrected chi connectivity index (χ0v) is 20.0. The number of hydrogen-bond acceptors (Lipinski definition) is 7. The van der Waals surface area contributed by atoms with Crippen LogP contribution in [0, 0.1) is 6.92 Å². The molecule has 1 amide bonds. The van der Waals surface area contributed by atoms with Crippen LogP contribution in [0.1, 0.15) is 33.9 Å². The van der Waals surface area contributed by atoms with Crippen molar-refractivity contribution in [2.24, 2.45) is 0 Å². The van der Waals surface area contributed by atoms with Crippen LogP contribution in [-0.4, -0.2) is 51.8 Å². The molecule has 9 heteroatoms. The van der Waals surface area contributed by atoms with Gasteiger partial charge in [0.15, 0.2) is 11.5 Å². The normalized spacial score (nSPS) is 11.8. The zero-order chi connectivity index (χ0) is 23.5. The number of methoxy groups -OCH3 is 2. The maximum absolute atomic E-state index is 13.3. The first-order valence-electron chi connectivity index (χ1n) is 10.3. The molecule has 1 unspecified atom stereocenters. The van der Waals surface area contributed by atoms with E-state index in [-0.39, 0.29) is 11.9 Å². The summed E-state index contributed by atoms with van der Waals surface area (Å²) in [7, 11) is 5.01. The van der Waals surface area contributed by atoms with Crippen molar-refractivity contribution in [2.75, 3.05) is 21.3 Å². The van der Waals surface area contributed by atoms with Gasteiger partial charge in [-0.3, -0.25) is 4.79 Å². The summed E-state index contributed by atoms with van der Waals surface area (Å²) in [5.74, 6) is 1.20. The van der Waals surface area contributed by atoms with Crippen LogP contribution in [0.5, 0.6) is 11.5 Å². The molecule has 0 fully saturated rings. The molecule has 0 bridgehead atoms. The minimum atomic E-state index is -0.117. The number of carbonyl (C=O) groups is 1. The average molecular weight is 464 g/mol. The van der Waals surface area contributed by atoms with Gasteiger partial charge in [0.05, 0.1) is 31.6 Å². The van der Waals surface area contributed by atoms with Crippen molar-refractivity contribution >= 4 is 17.2 Å². The van der Waals surface area contributed by atoms with E-state index < -0.39 is 0 Å². The number of thiazole rings is 1. The molecule has 170 valence electrons. The van der Waals surface area contributed by atoms with E-state index in [1.165, 1.54) is 17.7 Å². The van der Waals surface area contributed by atoms with Gasteiger partial charge < -0.3 is 14.4 Å². The van der Waals surface area contributed by atoms with Gasteiger partial charge in [-0.1, -0.05) is 12.1 Å². The maximum atomic E-state index is 13.3. The third-order valence-corrected chi connectivity index (χ3v) is 6.78. The van der Waals surface area contributed by atoms with Crippen LogP contribution >= 0.6 is 11.3 Å². The van der Waals surface area contributed by atoms with Crippen molar-refractivity contribution in [2.45, 2.75) is 19.9 Å². The second-order valence-electron chi connectivity index (χ2n) is 7.53. The van der Waals surface area contributed by atoms with Gasteiger partial charge >= 0.3 is 0 Å². The van der Waals surface area contributed by atoms with Crippen molar-refractivity contribution in [1.29, 1.82) is 0 Å². The molecule has 4 rings (SSSR count). The molecule has 1 atom stereocenters. The van der Waals surface area contributed by atoms with Gasteiger partial charge in [-0.15, -0.1) is 11.3 Å². The number of benzene rings is 2. The van der Waals surface area contributed by atoms with Crippen LogP contribution < -0.4 is 9.47 Å². The highest BCUT2D eigenvalue weighted by molar-refractivity contribution is 7.17. The first kappa shape index (κ1) is 22.5. The summed E-state index contributed by atoms with van der Waals surface area (Å²) >= 11 is 1.38. The van der Waals surface area contributed by atoms with E-state index in [4.69, 9.17) is 9.47 Å². The molecule has 8 nitrogen and oxygen atoms in total. The number of nitrogens with zero attached hydrogens (tertiary/aromatic N) is 5. The fraction of sp³-hybridized carbons (Fsp3) is 0.250. The predicted octanol–water partition coefficient (Wildman–Crippen LogP) is 4.55. The lowest BCUT2D eigenvalue weighted by atomic mass is 10.1. The van der Waals surface area contributed by atoms with Crippen LogP contribution in [0.4, 0.5) is 0 Å². The minimum absolute atomic E-state index is 0.0652. The SMILES string of the molecule is COc1ccc(-c2nc(C)c(C(=O)N(C)C(C)c3ccc(-n4cncn4)cc3)s2)cc1OC. The molecule has 0 saturated carbocycles. The fourth-order valence-corrected chi connectivity index (χ4v) is 4.54. The van der Waals surface area contributed by atoms with E-state index in [2.05, 4.69) is 15.1 Å². The number of amides is 1. The summed E-state index contributed by atoms with van der Waals surface area (Å²) < 4.78 is 12.4. The Bertz CT molecular complexity index is 1250. The number of rotatable bonds is 7. The van der Waals surface area contributed by atoms with E-state index >= 15 is 0 Å². The minimum Gasteiger partial charge on any atom is -0.493 e.